The predicted octanol–water partition coefficient (Wildman–Crippen LogP) is 3.25. The Morgan fingerprint density at radius 2 is 1.87 bits per heavy atom. The molecule has 8 heteroatoms. The van der Waals surface area contributed by atoms with Gasteiger partial charge in [0.15, 0.2) is 5.76 Å². The van der Waals surface area contributed by atoms with Gasteiger partial charge in [0.1, 0.15) is 18.1 Å². The number of carbonyl (C=O) groups is 2. The fourth-order valence-corrected chi connectivity index (χ4v) is 3.29. The maximum absolute atomic E-state index is 12.7. The van der Waals surface area contributed by atoms with Gasteiger partial charge in [0.2, 0.25) is 5.91 Å². The number of ether oxygens (including phenoxy) is 1. The second-order valence-corrected chi connectivity index (χ2v) is 6.86. The molecule has 4 rings (SSSR count). The van der Waals surface area contributed by atoms with Crippen molar-refractivity contribution >= 4 is 28.5 Å². The van der Waals surface area contributed by atoms with Crippen LogP contribution in [0.15, 0.2) is 71.3 Å². The van der Waals surface area contributed by atoms with Crippen LogP contribution >= 0.6 is 0 Å². The summed E-state index contributed by atoms with van der Waals surface area (Å²) in [5.41, 5.74) is 2.34. The average molecular weight is 418 g/mol. The number of imidazole rings is 1. The Morgan fingerprint density at radius 3 is 2.61 bits per heavy atom. The Bertz CT molecular complexity index is 1180. The number of methoxy groups -OCH3 is 1. The first kappa shape index (κ1) is 20.2. The molecule has 0 bridgehead atoms. The van der Waals surface area contributed by atoms with Crippen molar-refractivity contribution in [2.24, 2.45) is 0 Å². The molecule has 2 aromatic heterocycles. The van der Waals surface area contributed by atoms with E-state index in [4.69, 9.17) is 9.15 Å². The summed E-state index contributed by atoms with van der Waals surface area (Å²) in [5.74, 6) is 1.23. The Labute approximate surface area is 178 Å². The summed E-state index contributed by atoms with van der Waals surface area (Å²) < 4.78 is 12.1. The molecule has 0 fully saturated rings. The van der Waals surface area contributed by atoms with Gasteiger partial charge in [-0.2, -0.15) is 0 Å². The molecule has 2 aromatic carbocycles. The second kappa shape index (κ2) is 9.17. The predicted molar refractivity (Wildman–Crippen MR) is 116 cm³/mol. The maximum atomic E-state index is 12.7. The zero-order chi connectivity index (χ0) is 21.6. The van der Waals surface area contributed by atoms with Crippen molar-refractivity contribution in [3.05, 3.63) is 78.5 Å². The number of benzene rings is 2. The molecule has 31 heavy (non-hydrogen) atoms. The minimum absolute atomic E-state index is 0.105. The summed E-state index contributed by atoms with van der Waals surface area (Å²) in [7, 11) is 1.59. The quantitative estimate of drug-likeness (QED) is 0.458. The van der Waals surface area contributed by atoms with Crippen LogP contribution in [0.25, 0.3) is 11.0 Å². The third-order valence-corrected chi connectivity index (χ3v) is 4.79. The highest BCUT2D eigenvalue weighted by atomic mass is 16.5. The second-order valence-electron chi connectivity index (χ2n) is 6.86. The number of rotatable bonds is 8. The van der Waals surface area contributed by atoms with E-state index in [9.17, 15) is 9.59 Å². The first-order valence-corrected chi connectivity index (χ1v) is 9.84. The van der Waals surface area contributed by atoms with E-state index in [1.54, 1.807) is 43.5 Å². The van der Waals surface area contributed by atoms with E-state index < -0.39 is 0 Å². The molecule has 0 saturated heterocycles. The van der Waals surface area contributed by atoms with E-state index in [1.165, 1.54) is 6.26 Å². The molecule has 2 amide bonds. The van der Waals surface area contributed by atoms with Crippen LogP contribution in [0.1, 0.15) is 16.4 Å². The Kier molecular flexibility index (Phi) is 5.98. The molecule has 2 heterocycles. The number of fused-ring (bicyclic) bond motifs is 1. The van der Waals surface area contributed by atoms with Gasteiger partial charge in [-0.05, 0) is 48.5 Å². The number of nitrogens with zero attached hydrogens (tertiary/aromatic N) is 2. The van der Waals surface area contributed by atoms with Crippen molar-refractivity contribution < 1.29 is 18.7 Å². The number of hydrogen-bond donors (Lipinski definition) is 2. The van der Waals surface area contributed by atoms with Gasteiger partial charge in [-0.3, -0.25) is 9.59 Å². The summed E-state index contributed by atoms with van der Waals surface area (Å²) in [5, 5.41) is 5.70. The number of anilines is 1. The number of para-hydroxylation sites is 2. The summed E-state index contributed by atoms with van der Waals surface area (Å²) >= 11 is 0. The smallest absolute Gasteiger partial charge is 0.286 e. The average Bonchev–Trinajstić information content (AvgIpc) is 3.43. The van der Waals surface area contributed by atoms with Gasteiger partial charge in [-0.15, -0.1) is 0 Å². The minimum Gasteiger partial charge on any atom is -0.497 e. The molecule has 0 aliphatic heterocycles. The van der Waals surface area contributed by atoms with E-state index in [0.29, 0.717) is 24.5 Å². The van der Waals surface area contributed by atoms with Gasteiger partial charge in [-0.25, -0.2) is 4.98 Å². The first-order valence-electron chi connectivity index (χ1n) is 9.84. The van der Waals surface area contributed by atoms with Gasteiger partial charge in [0, 0.05) is 18.7 Å². The molecule has 0 aliphatic rings. The van der Waals surface area contributed by atoms with Crippen molar-refractivity contribution in [1.29, 1.82) is 0 Å². The number of furan rings is 1. The van der Waals surface area contributed by atoms with Crippen LogP contribution in [0.4, 0.5) is 5.69 Å². The number of carbonyl (C=O) groups excluding carboxylic acids is 2. The molecule has 2 N–H and O–H groups in total. The lowest BCUT2D eigenvalue weighted by Gasteiger charge is -2.11. The van der Waals surface area contributed by atoms with Crippen molar-refractivity contribution in [3.63, 3.8) is 0 Å². The maximum Gasteiger partial charge on any atom is 0.286 e. The summed E-state index contributed by atoms with van der Waals surface area (Å²) in [4.78, 5) is 29.4. The molecule has 4 aromatic rings. The SMILES string of the molecule is COc1ccc(NC(=O)Cn2c(CCNC(=O)c3ccco3)nc3ccccc32)cc1. The lowest BCUT2D eigenvalue weighted by Crippen LogP contribution is -2.27. The van der Waals surface area contributed by atoms with Crippen LogP contribution in [0.2, 0.25) is 0 Å². The number of aromatic nitrogens is 2. The number of amides is 2. The Balaban J connectivity index is 1.46. The molecule has 0 atom stereocenters. The lowest BCUT2D eigenvalue weighted by molar-refractivity contribution is -0.116. The van der Waals surface area contributed by atoms with Crippen LogP contribution in [-0.4, -0.2) is 35.0 Å². The lowest BCUT2D eigenvalue weighted by atomic mass is 10.3. The van der Waals surface area contributed by atoms with Gasteiger partial charge >= 0.3 is 0 Å². The number of hydrogen-bond acceptors (Lipinski definition) is 5. The van der Waals surface area contributed by atoms with E-state index in [1.807, 2.05) is 28.8 Å². The third-order valence-electron chi connectivity index (χ3n) is 4.79. The van der Waals surface area contributed by atoms with Gasteiger partial charge in [-0.1, -0.05) is 12.1 Å². The van der Waals surface area contributed by atoms with E-state index >= 15 is 0 Å². The van der Waals surface area contributed by atoms with E-state index in [0.717, 1.165) is 16.8 Å². The van der Waals surface area contributed by atoms with E-state index in [2.05, 4.69) is 15.6 Å². The van der Waals surface area contributed by atoms with Crippen LogP contribution in [0.3, 0.4) is 0 Å². The highest BCUT2D eigenvalue weighted by Gasteiger charge is 2.15. The van der Waals surface area contributed by atoms with Crippen LogP contribution in [0.5, 0.6) is 5.75 Å². The molecule has 0 unspecified atom stereocenters. The van der Waals surface area contributed by atoms with Crippen LogP contribution in [-0.2, 0) is 17.8 Å². The first-order chi connectivity index (χ1) is 15.1. The zero-order valence-electron chi connectivity index (χ0n) is 17.0. The molecular weight excluding hydrogens is 396 g/mol. The van der Waals surface area contributed by atoms with Gasteiger partial charge in [0.05, 0.1) is 24.4 Å². The molecule has 0 aliphatic carbocycles. The topological polar surface area (TPSA) is 98.4 Å². The summed E-state index contributed by atoms with van der Waals surface area (Å²) in [6.07, 6.45) is 1.92. The third kappa shape index (κ3) is 4.75. The van der Waals surface area contributed by atoms with Crippen LogP contribution < -0.4 is 15.4 Å². The van der Waals surface area contributed by atoms with Crippen molar-refractivity contribution in [1.82, 2.24) is 14.9 Å². The monoisotopic (exact) mass is 418 g/mol. The Morgan fingerprint density at radius 1 is 1.06 bits per heavy atom. The van der Waals surface area contributed by atoms with Gasteiger partial charge in [0.25, 0.3) is 5.91 Å². The fourth-order valence-electron chi connectivity index (χ4n) is 3.29. The fraction of sp³-hybridized carbons (Fsp3) is 0.174. The largest absolute Gasteiger partial charge is 0.497 e. The minimum atomic E-state index is -0.287. The standard InChI is InChI=1S/C23H22N4O4/c1-30-17-10-8-16(9-11-17)25-22(28)15-27-19-6-3-2-5-18(19)26-21(27)12-13-24-23(29)20-7-4-14-31-20/h2-11,14H,12-13,15H2,1H3,(H,24,29)(H,25,28). The van der Waals surface area contributed by atoms with Crippen molar-refractivity contribution in [2.45, 2.75) is 13.0 Å². The molecule has 8 nitrogen and oxygen atoms in total. The van der Waals surface area contributed by atoms with Crippen LogP contribution in [0, 0.1) is 0 Å². The zero-order valence-corrected chi connectivity index (χ0v) is 17.0. The highest BCUT2D eigenvalue weighted by molar-refractivity contribution is 5.92. The molecule has 0 radical (unpaired) electrons. The normalized spacial score (nSPS) is 10.7. The van der Waals surface area contributed by atoms with Crippen molar-refractivity contribution in [2.75, 3.05) is 19.0 Å². The van der Waals surface area contributed by atoms with E-state index in [-0.39, 0.29) is 24.1 Å². The molecule has 158 valence electrons. The summed E-state index contributed by atoms with van der Waals surface area (Å²) in [6.45, 7) is 0.469. The highest BCUT2D eigenvalue weighted by Crippen LogP contribution is 2.18. The molecule has 0 spiro atoms. The summed E-state index contributed by atoms with van der Waals surface area (Å²) in [6, 6.07) is 18.0. The van der Waals surface area contributed by atoms with Crippen molar-refractivity contribution in [3.8, 4) is 5.75 Å². The molecule has 0 saturated carbocycles. The Hall–Kier alpha value is -4.07. The van der Waals surface area contributed by atoms with Gasteiger partial charge < -0.3 is 24.4 Å². The molecular formula is C23H22N4O4. The number of nitrogens with one attached hydrogen (secondary N) is 2.